The highest BCUT2D eigenvalue weighted by Crippen LogP contribution is 2.35. The van der Waals surface area contributed by atoms with Crippen molar-refractivity contribution in [3.8, 4) is 11.5 Å². The average Bonchev–Trinajstić information content (AvgIpc) is 3.46. The van der Waals surface area contributed by atoms with Gasteiger partial charge in [0.15, 0.2) is 16.7 Å². The largest absolute Gasteiger partial charge is 0.467 e. The van der Waals surface area contributed by atoms with Crippen molar-refractivity contribution in [3.05, 3.63) is 76.5 Å². The first-order chi connectivity index (χ1) is 15.6. The predicted octanol–water partition coefficient (Wildman–Crippen LogP) is 3.81. The Hall–Kier alpha value is -3.72. The Balaban J connectivity index is 1.47. The van der Waals surface area contributed by atoms with Crippen LogP contribution in [0.3, 0.4) is 0 Å². The second-order valence-electron chi connectivity index (χ2n) is 7.24. The second-order valence-corrected chi connectivity index (χ2v) is 8.18. The summed E-state index contributed by atoms with van der Waals surface area (Å²) >= 11 is 1.19. The molecule has 1 aliphatic rings. The van der Waals surface area contributed by atoms with Gasteiger partial charge in [-0.15, -0.1) is 0 Å². The highest BCUT2D eigenvalue weighted by molar-refractivity contribution is 7.99. The molecule has 0 saturated carbocycles. The quantitative estimate of drug-likeness (QED) is 0.353. The molecule has 9 heteroatoms. The van der Waals surface area contributed by atoms with E-state index in [1.165, 1.54) is 16.3 Å². The lowest BCUT2D eigenvalue weighted by Gasteiger charge is -2.13. The summed E-state index contributed by atoms with van der Waals surface area (Å²) in [5, 5.41) is 3.73. The van der Waals surface area contributed by atoms with Gasteiger partial charge in [-0.2, -0.15) is 0 Å². The Morgan fingerprint density at radius 2 is 1.97 bits per heavy atom. The van der Waals surface area contributed by atoms with Gasteiger partial charge in [0, 0.05) is 11.8 Å². The van der Waals surface area contributed by atoms with E-state index in [0.29, 0.717) is 33.3 Å². The monoisotopic (exact) mass is 449 g/mol. The van der Waals surface area contributed by atoms with Crippen molar-refractivity contribution in [1.29, 1.82) is 0 Å². The number of hydrogen-bond acceptors (Lipinski definition) is 7. The molecule has 3 heterocycles. The normalized spacial score (nSPS) is 12.3. The first-order valence-corrected chi connectivity index (χ1v) is 10.9. The number of rotatable bonds is 6. The van der Waals surface area contributed by atoms with Crippen LogP contribution in [0, 0.1) is 6.92 Å². The van der Waals surface area contributed by atoms with Crippen LogP contribution in [-0.4, -0.2) is 28.0 Å². The molecule has 2 aromatic carbocycles. The zero-order valence-electron chi connectivity index (χ0n) is 17.2. The maximum Gasteiger partial charge on any atom is 0.262 e. The van der Waals surface area contributed by atoms with E-state index in [9.17, 15) is 9.59 Å². The topological polar surface area (TPSA) is 95.6 Å². The number of anilines is 1. The number of aryl methyl sites for hydroxylation is 1. The summed E-state index contributed by atoms with van der Waals surface area (Å²) in [6.07, 6.45) is 1.55. The molecule has 0 fully saturated rings. The van der Waals surface area contributed by atoms with Crippen molar-refractivity contribution >= 4 is 34.3 Å². The van der Waals surface area contributed by atoms with Crippen molar-refractivity contribution in [2.45, 2.75) is 18.6 Å². The van der Waals surface area contributed by atoms with Crippen LogP contribution in [0.2, 0.25) is 0 Å². The molecular formula is C23H19N3O5S. The minimum atomic E-state index is -0.244. The van der Waals surface area contributed by atoms with E-state index >= 15 is 0 Å². The van der Waals surface area contributed by atoms with Gasteiger partial charge in [-0.3, -0.25) is 14.2 Å². The molecule has 0 unspecified atom stereocenters. The summed E-state index contributed by atoms with van der Waals surface area (Å²) in [6.45, 7) is 2.23. The van der Waals surface area contributed by atoms with Crippen molar-refractivity contribution in [3.63, 3.8) is 0 Å². The number of hydrogen-bond donors (Lipinski definition) is 1. The van der Waals surface area contributed by atoms with Crippen LogP contribution in [0.4, 0.5) is 5.69 Å². The molecule has 0 spiro atoms. The Morgan fingerprint density at radius 3 is 2.75 bits per heavy atom. The van der Waals surface area contributed by atoms with Gasteiger partial charge >= 0.3 is 0 Å². The summed E-state index contributed by atoms with van der Waals surface area (Å²) < 4.78 is 17.8. The standard InChI is InChI=1S/C23H19N3O5S/c1-14-5-2-3-7-17(14)24-21(27)12-32-23-25-18-10-20-19(30-13-31-20)9-16(18)22(28)26(23)11-15-6-4-8-29-15/h2-10H,11-13H2,1H3,(H,24,27). The van der Waals surface area contributed by atoms with Gasteiger partial charge in [-0.1, -0.05) is 30.0 Å². The van der Waals surface area contributed by atoms with Crippen molar-refractivity contribution in [2.24, 2.45) is 0 Å². The fourth-order valence-corrected chi connectivity index (χ4v) is 4.23. The van der Waals surface area contributed by atoms with Gasteiger partial charge in [-0.25, -0.2) is 4.98 Å². The number of thioether (sulfide) groups is 1. The molecule has 2 aromatic heterocycles. The zero-order valence-corrected chi connectivity index (χ0v) is 18.0. The van der Waals surface area contributed by atoms with Crippen LogP contribution < -0.4 is 20.3 Å². The molecule has 0 radical (unpaired) electrons. The third kappa shape index (κ3) is 3.94. The van der Waals surface area contributed by atoms with Gasteiger partial charge in [0.2, 0.25) is 12.7 Å². The van der Waals surface area contributed by atoms with E-state index in [2.05, 4.69) is 10.3 Å². The number of carbonyl (C=O) groups is 1. The minimum absolute atomic E-state index is 0.0922. The number of amides is 1. The van der Waals surface area contributed by atoms with Crippen molar-refractivity contribution in [1.82, 2.24) is 9.55 Å². The number of benzene rings is 2. The molecule has 0 atom stereocenters. The SMILES string of the molecule is Cc1ccccc1NC(=O)CSc1nc2cc3c(cc2c(=O)n1Cc1ccco1)OCO3. The molecule has 0 aliphatic carbocycles. The van der Waals surface area contributed by atoms with E-state index in [1.807, 2.05) is 31.2 Å². The maximum absolute atomic E-state index is 13.3. The molecule has 8 nitrogen and oxygen atoms in total. The lowest BCUT2D eigenvalue weighted by molar-refractivity contribution is -0.113. The van der Waals surface area contributed by atoms with Crippen LogP contribution in [-0.2, 0) is 11.3 Å². The molecule has 1 N–H and O–H groups in total. The van der Waals surface area contributed by atoms with Gasteiger partial charge in [-0.05, 0) is 36.8 Å². The van der Waals surface area contributed by atoms with Gasteiger partial charge < -0.3 is 19.2 Å². The lowest BCUT2D eigenvalue weighted by Crippen LogP contribution is -2.24. The molecule has 1 amide bonds. The Labute approximate surface area is 187 Å². The number of nitrogens with one attached hydrogen (secondary N) is 1. The lowest BCUT2D eigenvalue weighted by atomic mass is 10.2. The third-order valence-corrected chi connectivity index (χ3v) is 6.04. The van der Waals surface area contributed by atoms with E-state index in [-0.39, 0.29) is 30.6 Å². The molecule has 1 aliphatic heterocycles. The third-order valence-electron chi connectivity index (χ3n) is 5.06. The Morgan fingerprint density at radius 1 is 1.16 bits per heavy atom. The number of carbonyl (C=O) groups excluding carboxylic acids is 1. The van der Waals surface area contributed by atoms with E-state index in [1.54, 1.807) is 30.5 Å². The highest BCUT2D eigenvalue weighted by atomic mass is 32.2. The van der Waals surface area contributed by atoms with Crippen LogP contribution in [0.15, 0.2) is 69.2 Å². The Bertz CT molecular complexity index is 1360. The summed E-state index contributed by atoms with van der Waals surface area (Å²) in [6, 6.07) is 14.4. The van der Waals surface area contributed by atoms with Gasteiger partial charge in [0.25, 0.3) is 5.56 Å². The number of nitrogens with zero attached hydrogens (tertiary/aromatic N) is 2. The molecular weight excluding hydrogens is 430 g/mol. The molecule has 0 bridgehead atoms. The van der Waals surface area contributed by atoms with Gasteiger partial charge in [0.05, 0.1) is 29.5 Å². The average molecular weight is 449 g/mol. The van der Waals surface area contributed by atoms with Crippen molar-refractivity contribution in [2.75, 3.05) is 17.9 Å². The predicted molar refractivity (Wildman–Crippen MR) is 120 cm³/mol. The summed E-state index contributed by atoms with van der Waals surface area (Å²) in [5.74, 6) is 1.57. The van der Waals surface area contributed by atoms with Crippen molar-refractivity contribution < 1.29 is 18.7 Å². The summed E-state index contributed by atoms with van der Waals surface area (Å²) in [7, 11) is 0. The molecule has 5 rings (SSSR count). The molecule has 162 valence electrons. The summed E-state index contributed by atoms with van der Waals surface area (Å²) in [4.78, 5) is 30.6. The van der Waals surface area contributed by atoms with Gasteiger partial charge in [0.1, 0.15) is 5.76 Å². The van der Waals surface area contributed by atoms with Crippen LogP contribution in [0.25, 0.3) is 10.9 Å². The summed E-state index contributed by atoms with van der Waals surface area (Å²) in [5.41, 5.74) is 1.97. The fourth-order valence-electron chi connectivity index (χ4n) is 3.43. The molecule has 32 heavy (non-hydrogen) atoms. The van der Waals surface area contributed by atoms with E-state index in [0.717, 1.165) is 11.3 Å². The first-order valence-electron chi connectivity index (χ1n) is 9.93. The van der Waals surface area contributed by atoms with Crippen LogP contribution in [0.5, 0.6) is 11.5 Å². The van der Waals surface area contributed by atoms with Crippen LogP contribution in [0.1, 0.15) is 11.3 Å². The smallest absolute Gasteiger partial charge is 0.262 e. The second kappa shape index (κ2) is 8.43. The van der Waals surface area contributed by atoms with E-state index < -0.39 is 0 Å². The number of aromatic nitrogens is 2. The fraction of sp³-hybridized carbons (Fsp3) is 0.174. The van der Waals surface area contributed by atoms with E-state index in [4.69, 9.17) is 13.9 Å². The highest BCUT2D eigenvalue weighted by Gasteiger charge is 2.20. The number of ether oxygens (including phenoxy) is 2. The minimum Gasteiger partial charge on any atom is -0.467 e. The Kier molecular flexibility index (Phi) is 5.32. The number of furan rings is 1. The number of para-hydroxylation sites is 1. The molecule has 4 aromatic rings. The maximum atomic E-state index is 13.3. The zero-order chi connectivity index (χ0) is 22.1. The van der Waals surface area contributed by atoms with Crippen LogP contribution >= 0.6 is 11.8 Å². The number of fused-ring (bicyclic) bond motifs is 2. The molecule has 0 saturated heterocycles. The first kappa shape index (κ1) is 20.2.